The van der Waals surface area contributed by atoms with Crippen molar-refractivity contribution in [3.63, 3.8) is 0 Å². The van der Waals surface area contributed by atoms with Crippen molar-refractivity contribution in [1.82, 2.24) is 10.2 Å². The van der Waals surface area contributed by atoms with Crippen LogP contribution in [0.4, 0.5) is 0 Å². The number of hydrogen-bond donors (Lipinski definition) is 2. The summed E-state index contributed by atoms with van der Waals surface area (Å²) in [5, 5.41) is 12.6. The average molecular weight is 200 g/mol. The van der Waals surface area contributed by atoms with Crippen LogP contribution in [0, 0.1) is 5.92 Å². The highest BCUT2D eigenvalue weighted by atomic mass is 16.5. The maximum absolute atomic E-state index is 11.8. The molecule has 1 amide bonds. The molecule has 14 heavy (non-hydrogen) atoms. The van der Waals surface area contributed by atoms with E-state index in [1.165, 1.54) is 0 Å². The van der Waals surface area contributed by atoms with Crippen LogP contribution in [0.1, 0.15) is 0 Å². The molecule has 5 heteroatoms. The second-order valence-electron chi connectivity index (χ2n) is 3.94. The minimum absolute atomic E-state index is 0.109. The van der Waals surface area contributed by atoms with Crippen LogP contribution in [0.25, 0.3) is 0 Å². The predicted molar refractivity (Wildman–Crippen MR) is 49.7 cm³/mol. The van der Waals surface area contributed by atoms with E-state index in [-0.39, 0.29) is 17.9 Å². The predicted octanol–water partition coefficient (Wildman–Crippen LogP) is -1.58. The molecule has 0 aromatic heterocycles. The lowest BCUT2D eigenvalue weighted by Gasteiger charge is -2.30. The Kier molecular flexibility index (Phi) is 2.71. The molecule has 0 aromatic carbocycles. The van der Waals surface area contributed by atoms with Gasteiger partial charge in [0, 0.05) is 33.3 Å². The molecule has 2 unspecified atom stereocenters. The van der Waals surface area contributed by atoms with Gasteiger partial charge in [-0.2, -0.15) is 0 Å². The van der Waals surface area contributed by atoms with Gasteiger partial charge >= 0.3 is 0 Å². The molecule has 2 rings (SSSR count). The van der Waals surface area contributed by atoms with Crippen LogP contribution >= 0.6 is 0 Å². The van der Waals surface area contributed by atoms with E-state index < -0.39 is 6.10 Å². The van der Waals surface area contributed by atoms with E-state index in [9.17, 15) is 9.90 Å². The molecule has 0 bridgehead atoms. The van der Waals surface area contributed by atoms with Gasteiger partial charge in [0.25, 0.3) is 0 Å². The maximum atomic E-state index is 11.8. The van der Waals surface area contributed by atoms with Gasteiger partial charge in [-0.1, -0.05) is 0 Å². The number of β-amino-alcohol motifs (C(OH)–C–C–N with tert-alkyl or cyclic N) is 1. The lowest BCUT2D eigenvalue weighted by atomic mass is 10.0. The molecule has 2 N–H and O–H groups in total. The van der Waals surface area contributed by atoms with Gasteiger partial charge in [0.2, 0.25) is 5.91 Å². The van der Waals surface area contributed by atoms with Crippen molar-refractivity contribution in [2.45, 2.75) is 12.2 Å². The zero-order valence-electron chi connectivity index (χ0n) is 8.27. The number of aliphatic hydroxyl groups is 1. The molecule has 0 spiro atoms. The number of nitrogens with zero attached hydrogens (tertiary/aromatic N) is 1. The Balaban J connectivity index is 1.90. The van der Waals surface area contributed by atoms with E-state index in [2.05, 4.69) is 5.32 Å². The minimum atomic E-state index is -0.531. The summed E-state index contributed by atoms with van der Waals surface area (Å²) >= 11 is 0. The summed E-state index contributed by atoms with van der Waals surface area (Å²) in [5.74, 6) is 0.250. The van der Waals surface area contributed by atoms with Gasteiger partial charge in [-0.25, -0.2) is 0 Å². The van der Waals surface area contributed by atoms with E-state index in [1.807, 2.05) is 0 Å². The highest BCUT2D eigenvalue weighted by Crippen LogP contribution is 2.17. The fourth-order valence-corrected chi connectivity index (χ4v) is 1.89. The highest BCUT2D eigenvalue weighted by Gasteiger charge is 2.38. The second kappa shape index (κ2) is 3.84. The first-order valence-corrected chi connectivity index (χ1v) is 4.92. The number of rotatable bonds is 2. The summed E-state index contributed by atoms with van der Waals surface area (Å²) in [7, 11) is 1.56. The van der Waals surface area contributed by atoms with Crippen molar-refractivity contribution in [3.8, 4) is 0 Å². The zero-order chi connectivity index (χ0) is 10.1. The van der Waals surface area contributed by atoms with Crippen molar-refractivity contribution < 1.29 is 14.6 Å². The topological polar surface area (TPSA) is 61.8 Å². The first kappa shape index (κ1) is 9.89. The molecule has 0 aliphatic carbocycles. The van der Waals surface area contributed by atoms with Crippen molar-refractivity contribution in [2.75, 3.05) is 33.3 Å². The normalized spacial score (nSPS) is 33.1. The van der Waals surface area contributed by atoms with Crippen LogP contribution in [0.5, 0.6) is 0 Å². The summed E-state index contributed by atoms with van der Waals surface area (Å²) in [5.41, 5.74) is 0. The van der Waals surface area contributed by atoms with Crippen molar-refractivity contribution in [2.24, 2.45) is 5.92 Å². The molecule has 2 fully saturated rings. The molecule has 2 aliphatic heterocycles. The third-order valence-corrected chi connectivity index (χ3v) is 2.98. The molecule has 2 aliphatic rings. The zero-order valence-corrected chi connectivity index (χ0v) is 8.27. The molecule has 0 radical (unpaired) electrons. The van der Waals surface area contributed by atoms with Gasteiger partial charge in [-0.15, -0.1) is 0 Å². The molecule has 2 heterocycles. The third-order valence-electron chi connectivity index (χ3n) is 2.98. The van der Waals surface area contributed by atoms with Gasteiger partial charge in [-0.05, 0) is 0 Å². The van der Waals surface area contributed by atoms with Gasteiger partial charge < -0.3 is 20.1 Å². The summed E-state index contributed by atoms with van der Waals surface area (Å²) in [6, 6.07) is 0. The molecule has 2 atom stereocenters. The minimum Gasteiger partial charge on any atom is -0.388 e. The number of aliphatic hydroxyl groups excluding tert-OH is 1. The SMILES string of the molecule is COC1CN(C(=O)C2CNC2)CC1O. The van der Waals surface area contributed by atoms with Gasteiger partial charge in [-0.3, -0.25) is 4.79 Å². The van der Waals surface area contributed by atoms with Crippen LogP contribution in [-0.2, 0) is 9.53 Å². The number of hydrogen-bond acceptors (Lipinski definition) is 4. The molecular formula is C9H16N2O3. The first-order valence-electron chi connectivity index (χ1n) is 4.92. The van der Waals surface area contributed by atoms with Crippen molar-refractivity contribution in [1.29, 1.82) is 0 Å². The fourth-order valence-electron chi connectivity index (χ4n) is 1.89. The Morgan fingerprint density at radius 2 is 2.21 bits per heavy atom. The number of carbonyl (C=O) groups excluding carboxylic acids is 1. The van der Waals surface area contributed by atoms with Gasteiger partial charge in [0.05, 0.1) is 12.0 Å². The van der Waals surface area contributed by atoms with Crippen LogP contribution in [0.15, 0.2) is 0 Å². The quantitative estimate of drug-likeness (QED) is 0.565. The Hall–Kier alpha value is -0.650. The summed E-state index contributed by atoms with van der Waals surface area (Å²) in [6.07, 6.45) is -0.746. The molecule has 80 valence electrons. The second-order valence-corrected chi connectivity index (χ2v) is 3.94. The van der Waals surface area contributed by atoms with Crippen LogP contribution in [-0.4, -0.2) is 61.4 Å². The molecule has 2 saturated heterocycles. The maximum Gasteiger partial charge on any atom is 0.228 e. The summed E-state index contributed by atoms with van der Waals surface area (Å²) < 4.78 is 5.08. The highest BCUT2D eigenvalue weighted by molar-refractivity contribution is 5.80. The smallest absolute Gasteiger partial charge is 0.228 e. The number of methoxy groups -OCH3 is 1. The number of ether oxygens (including phenoxy) is 1. The van der Waals surface area contributed by atoms with Crippen LogP contribution in [0.3, 0.4) is 0 Å². The molecule has 0 aromatic rings. The molecule has 0 saturated carbocycles. The lowest BCUT2D eigenvalue weighted by Crippen LogP contribution is -2.51. The number of nitrogens with one attached hydrogen (secondary N) is 1. The van der Waals surface area contributed by atoms with Crippen molar-refractivity contribution >= 4 is 5.91 Å². The van der Waals surface area contributed by atoms with Gasteiger partial charge in [0.15, 0.2) is 0 Å². The van der Waals surface area contributed by atoms with Crippen LogP contribution in [0.2, 0.25) is 0 Å². The largest absolute Gasteiger partial charge is 0.388 e. The lowest BCUT2D eigenvalue weighted by molar-refractivity contribution is -0.136. The van der Waals surface area contributed by atoms with Gasteiger partial charge in [0.1, 0.15) is 6.10 Å². The monoisotopic (exact) mass is 200 g/mol. The van der Waals surface area contributed by atoms with E-state index in [1.54, 1.807) is 12.0 Å². The Labute approximate surface area is 83.0 Å². The number of carbonyl (C=O) groups is 1. The van der Waals surface area contributed by atoms with E-state index in [0.717, 1.165) is 13.1 Å². The molecule has 5 nitrogen and oxygen atoms in total. The first-order chi connectivity index (χ1) is 6.72. The molecular weight excluding hydrogens is 184 g/mol. The Morgan fingerprint density at radius 3 is 2.64 bits per heavy atom. The number of amides is 1. The van der Waals surface area contributed by atoms with E-state index in [4.69, 9.17) is 4.74 Å². The summed E-state index contributed by atoms with van der Waals surface area (Å²) in [4.78, 5) is 13.5. The van der Waals surface area contributed by atoms with E-state index in [0.29, 0.717) is 13.1 Å². The standard InChI is InChI=1S/C9H16N2O3/c1-14-8-5-11(4-7(8)12)9(13)6-2-10-3-6/h6-8,10,12H,2-5H2,1H3. The summed E-state index contributed by atoms with van der Waals surface area (Å²) in [6.45, 7) is 2.47. The third kappa shape index (κ3) is 1.63. The Morgan fingerprint density at radius 1 is 1.50 bits per heavy atom. The Bertz CT molecular complexity index is 230. The fraction of sp³-hybridized carbons (Fsp3) is 0.889. The van der Waals surface area contributed by atoms with E-state index >= 15 is 0 Å². The number of likely N-dealkylation sites (tertiary alicyclic amines) is 1. The average Bonchev–Trinajstić information content (AvgIpc) is 2.43. The van der Waals surface area contributed by atoms with Crippen LogP contribution < -0.4 is 5.32 Å². The van der Waals surface area contributed by atoms with Crippen molar-refractivity contribution in [3.05, 3.63) is 0 Å².